The number of rotatable bonds is 5. The second kappa shape index (κ2) is 7.71. The van der Waals surface area contributed by atoms with Gasteiger partial charge in [0.05, 0.1) is 12.0 Å². The lowest BCUT2D eigenvalue weighted by atomic mass is 10.1. The summed E-state index contributed by atoms with van der Waals surface area (Å²) in [6.07, 6.45) is 0. The quantitative estimate of drug-likeness (QED) is 0.237. The van der Waals surface area contributed by atoms with Gasteiger partial charge in [0.2, 0.25) is 0 Å². The van der Waals surface area contributed by atoms with Crippen molar-refractivity contribution in [2.24, 2.45) is 5.84 Å². The van der Waals surface area contributed by atoms with E-state index in [2.05, 4.69) is 10.7 Å². The highest BCUT2D eigenvalue weighted by Gasteiger charge is 2.11. The number of nitrogens with one attached hydrogen (secondary N) is 3. The van der Waals surface area contributed by atoms with Crippen molar-refractivity contribution in [2.75, 3.05) is 11.9 Å². The lowest BCUT2D eigenvalue weighted by Crippen LogP contribution is -2.30. The van der Waals surface area contributed by atoms with Crippen LogP contribution in [-0.4, -0.2) is 18.3 Å². The van der Waals surface area contributed by atoms with Crippen LogP contribution in [0, 0.1) is 5.41 Å². The molecular formula is C19H18N4O4. The summed E-state index contributed by atoms with van der Waals surface area (Å²) in [6.45, 7) is 2.43. The topological polar surface area (TPSA) is 130 Å². The van der Waals surface area contributed by atoms with Crippen LogP contribution < -0.4 is 26.8 Å². The molecule has 0 aliphatic heterocycles. The molecule has 1 heterocycles. The van der Waals surface area contributed by atoms with Crippen LogP contribution in [0.25, 0.3) is 11.0 Å². The van der Waals surface area contributed by atoms with Gasteiger partial charge in [-0.2, -0.15) is 0 Å². The Morgan fingerprint density at radius 3 is 2.59 bits per heavy atom. The SMILES string of the molecule is CCOc1ccc(C(=O)Nc2ccc3oc(C(=N)NN)cc(=O)c3c2)cc1. The van der Waals surface area contributed by atoms with Gasteiger partial charge in [0.15, 0.2) is 17.0 Å². The molecule has 0 aliphatic rings. The summed E-state index contributed by atoms with van der Waals surface area (Å²) in [5.41, 5.74) is 2.98. The van der Waals surface area contributed by atoms with E-state index in [1.807, 2.05) is 6.92 Å². The first-order chi connectivity index (χ1) is 13.0. The monoisotopic (exact) mass is 366 g/mol. The van der Waals surface area contributed by atoms with Gasteiger partial charge < -0.3 is 19.9 Å². The van der Waals surface area contributed by atoms with Gasteiger partial charge >= 0.3 is 0 Å². The number of amides is 1. The smallest absolute Gasteiger partial charge is 0.255 e. The highest BCUT2D eigenvalue weighted by Crippen LogP contribution is 2.19. The van der Waals surface area contributed by atoms with E-state index in [0.717, 1.165) is 0 Å². The number of hydrazine groups is 1. The van der Waals surface area contributed by atoms with Crippen molar-refractivity contribution in [1.82, 2.24) is 5.43 Å². The molecule has 3 rings (SSSR count). The Morgan fingerprint density at radius 2 is 1.93 bits per heavy atom. The number of hydrogen-bond acceptors (Lipinski definition) is 6. The molecule has 0 atom stereocenters. The van der Waals surface area contributed by atoms with Gasteiger partial charge in [-0.1, -0.05) is 0 Å². The standard InChI is InChI=1S/C19H18N4O4/c1-2-26-13-6-3-11(4-7-13)19(25)22-12-5-8-16-14(9-12)15(24)10-17(27-16)18(20)23-21/h3-10H,2,21H2,1H3,(H2,20,23)(H,22,25). The third kappa shape index (κ3) is 3.96. The summed E-state index contributed by atoms with van der Waals surface area (Å²) < 4.78 is 10.8. The zero-order valence-corrected chi connectivity index (χ0v) is 14.5. The third-order valence-electron chi connectivity index (χ3n) is 3.80. The predicted octanol–water partition coefficient (Wildman–Crippen LogP) is 2.23. The first kappa shape index (κ1) is 18.2. The molecule has 1 aromatic heterocycles. The Bertz CT molecular complexity index is 1060. The Kier molecular flexibility index (Phi) is 5.18. The number of hydrogen-bond donors (Lipinski definition) is 4. The fourth-order valence-electron chi connectivity index (χ4n) is 2.50. The molecule has 3 aromatic rings. The van der Waals surface area contributed by atoms with Crippen LogP contribution >= 0.6 is 0 Å². The van der Waals surface area contributed by atoms with Gasteiger partial charge in [-0.3, -0.25) is 15.0 Å². The number of carbonyl (C=O) groups excluding carboxylic acids is 1. The summed E-state index contributed by atoms with van der Waals surface area (Å²) in [7, 11) is 0. The van der Waals surface area contributed by atoms with Gasteiger partial charge in [0.25, 0.3) is 5.91 Å². The number of carbonyl (C=O) groups is 1. The molecule has 8 heteroatoms. The Labute approximate surface area is 154 Å². The zero-order chi connectivity index (χ0) is 19.4. The summed E-state index contributed by atoms with van der Waals surface area (Å²) in [4.78, 5) is 24.7. The molecular weight excluding hydrogens is 348 g/mol. The van der Waals surface area contributed by atoms with E-state index in [4.69, 9.17) is 20.4 Å². The van der Waals surface area contributed by atoms with Crippen LogP contribution in [0.1, 0.15) is 23.0 Å². The maximum absolute atomic E-state index is 12.4. The van der Waals surface area contributed by atoms with Crippen molar-refractivity contribution in [1.29, 1.82) is 5.41 Å². The first-order valence-corrected chi connectivity index (χ1v) is 8.19. The molecule has 0 radical (unpaired) electrons. The molecule has 0 aliphatic carbocycles. The highest BCUT2D eigenvalue weighted by atomic mass is 16.5. The fourth-order valence-corrected chi connectivity index (χ4v) is 2.50. The van der Waals surface area contributed by atoms with E-state index in [0.29, 0.717) is 23.6 Å². The van der Waals surface area contributed by atoms with Crippen LogP contribution in [0.2, 0.25) is 0 Å². The van der Waals surface area contributed by atoms with E-state index < -0.39 is 0 Å². The van der Waals surface area contributed by atoms with Gasteiger partial charge in [-0.15, -0.1) is 0 Å². The minimum atomic E-state index is -0.344. The molecule has 0 bridgehead atoms. The average Bonchev–Trinajstić information content (AvgIpc) is 2.68. The van der Waals surface area contributed by atoms with Crippen molar-refractivity contribution in [3.8, 4) is 5.75 Å². The van der Waals surface area contributed by atoms with E-state index >= 15 is 0 Å². The van der Waals surface area contributed by atoms with Crippen LogP contribution in [-0.2, 0) is 0 Å². The zero-order valence-electron chi connectivity index (χ0n) is 14.5. The van der Waals surface area contributed by atoms with Crippen molar-refractivity contribution >= 4 is 28.4 Å². The molecule has 0 saturated heterocycles. The largest absolute Gasteiger partial charge is 0.494 e. The van der Waals surface area contributed by atoms with Crippen LogP contribution in [0.4, 0.5) is 5.69 Å². The molecule has 1 amide bonds. The Hall–Kier alpha value is -3.65. The minimum absolute atomic E-state index is 0.0289. The number of fused-ring (bicyclic) bond motifs is 1. The Balaban J connectivity index is 1.84. The maximum atomic E-state index is 12.4. The van der Waals surface area contributed by atoms with E-state index in [1.165, 1.54) is 12.1 Å². The molecule has 8 nitrogen and oxygen atoms in total. The number of benzene rings is 2. The molecule has 0 saturated carbocycles. The molecule has 0 fully saturated rings. The highest BCUT2D eigenvalue weighted by molar-refractivity contribution is 6.05. The fraction of sp³-hybridized carbons (Fsp3) is 0.105. The molecule has 2 aromatic carbocycles. The predicted molar refractivity (Wildman–Crippen MR) is 102 cm³/mol. The number of ether oxygens (including phenoxy) is 1. The van der Waals surface area contributed by atoms with Gasteiger partial charge in [0, 0.05) is 17.3 Å². The van der Waals surface area contributed by atoms with Crippen molar-refractivity contribution in [3.05, 3.63) is 70.1 Å². The van der Waals surface area contributed by atoms with Gasteiger partial charge in [-0.05, 0) is 49.4 Å². The summed E-state index contributed by atoms with van der Waals surface area (Å²) in [5, 5.41) is 10.6. The van der Waals surface area contributed by atoms with Crippen LogP contribution in [0.3, 0.4) is 0 Å². The first-order valence-electron chi connectivity index (χ1n) is 8.19. The molecule has 0 spiro atoms. The molecule has 27 heavy (non-hydrogen) atoms. The summed E-state index contributed by atoms with van der Waals surface area (Å²) >= 11 is 0. The lowest BCUT2D eigenvalue weighted by molar-refractivity contribution is 0.102. The molecule has 138 valence electrons. The van der Waals surface area contributed by atoms with E-state index in [-0.39, 0.29) is 33.9 Å². The average molecular weight is 366 g/mol. The number of nitrogens with two attached hydrogens (primary N) is 1. The van der Waals surface area contributed by atoms with Gasteiger partial charge in [0.1, 0.15) is 11.3 Å². The van der Waals surface area contributed by atoms with Crippen LogP contribution in [0.15, 0.2) is 57.7 Å². The number of anilines is 1. The van der Waals surface area contributed by atoms with Crippen molar-refractivity contribution in [3.63, 3.8) is 0 Å². The van der Waals surface area contributed by atoms with Gasteiger partial charge in [-0.25, -0.2) is 5.84 Å². The minimum Gasteiger partial charge on any atom is -0.494 e. The second-order valence-electron chi connectivity index (χ2n) is 5.62. The lowest BCUT2D eigenvalue weighted by Gasteiger charge is -2.08. The van der Waals surface area contributed by atoms with Crippen LogP contribution in [0.5, 0.6) is 5.75 Å². The van der Waals surface area contributed by atoms with Crippen molar-refractivity contribution in [2.45, 2.75) is 6.92 Å². The second-order valence-corrected chi connectivity index (χ2v) is 5.62. The van der Waals surface area contributed by atoms with E-state index in [9.17, 15) is 9.59 Å². The van der Waals surface area contributed by atoms with Crippen molar-refractivity contribution < 1.29 is 13.9 Å². The van der Waals surface area contributed by atoms with E-state index in [1.54, 1.807) is 36.4 Å². The number of amidine groups is 1. The normalized spacial score (nSPS) is 10.4. The molecule has 5 N–H and O–H groups in total. The summed E-state index contributed by atoms with van der Waals surface area (Å²) in [6, 6.07) is 12.6. The maximum Gasteiger partial charge on any atom is 0.255 e. The Morgan fingerprint density at radius 1 is 1.19 bits per heavy atom. The molecule has 0 unspecified atom stereocenters. The third-order valence-corrected chi connectivity index (χ3v) is 3.80. The summed E-state index contributed by atoms with van der Waals surface area (Å²) in [5.74, 6) is 5.36.